The van der Waals surface area contributed by atoms with Crippen molar-refractivity contribution in [2.75, 3.05) is 6.54 Å². The molecule has 1 aromatic carbocycles. The van der Waals surface area contributed by atoms with Crippen LogP contribution in [0.4, 0.5) is 4.39 Å². The second-order valence-corrected chi connectivity index (χ2v) is 6.23. The maximum absolute atomic E-state index is 14.0. The molecule has 0 radical (unpaired) electrons. The highest BCUT2D eigenvalue weighted by Gasteiger charge is 2.37. The molecular weight excluding hydrogens is 267 g/mol. The number of hydrogen-bond donors (Lipinski definition) is 1. The number of amides is 1. The van der Waals surface area contributed by atoms with Gasteiger partial charge in [0, 0.05) is 12.1 Å². The van der Waals surface area contributed by atoms with Crippen molar-refractivity contribution in [1.82, 2.24) is 10.2 Å². The average molecular weight is 292 g/mol. The Bertz CT molecular complexity index is 489. The maximum atomic E-state index is 14.0. The van der Waals surface area contributed by atoms with Gasteiger partial charge in [-0.05, 0) is 25.3 Å². The molecular formula is C17H25FN2O. The molecule has 21 heavy (non-hydrogen) atoms. The van der Waals surface area contributed by atoms with E-state index >= 15 is 0 Å². The summed E-state index contributed by atoms with van der Waals surface area (Å²) in [6.07, 6.45) is 2.88. The van der Waals surface area contributed by atoms with Crippen molar-refractivity contribution in [3.63, 3.8) is 0 Å². The highest BCUT2D eigenvalue weighted by Crippen LogP contribution is 2.27. The number of rotatable bonds is 6. The van der Waals surface area contributed by atoms with Crippen LogP contribution < -0.4 is 5.32 Å². The van der Waals surface area contributed by atoms with Crippen LogP contribution in [0.3, 0.4) is 0 Å². The second kappa shape index (κ2) is 7.03. The summed E-state index contributed by atoms with van der Waals surface area (Å²) in [6, 6.07) is 6.43. The number of unbranched alkanes of at least 4 members (excludes halogenated alkanes) is 1. The van der Waals surface area contributed by atoms with Crippen molar-refractivity contribution in [3.8, 4) is 0 Å². The fourth-order valence-corrected chi connectivity index (χ4v) is 2.80. The van der Waals surface area contributed by atoms with E-state index in [1.54, 1.807) is 17.0 Å². The average Bonchev–Trinajstić information content (AvgIpc) is 2.71. The largest absolute Gasteiger partial charge is 0.321 e. The summed E-state index contributed by atoms with van der Waals surface area (Å²) in [5, 5.41) is 3.20. The van der Waals surface area contributed by atoms with Gasteiger partial charge in [0.05, 0.1) is 6.04 Å². The molecule has 2 atom stereocenters. The highest BCUT2D eigenvalue weighted by atomic mass is 19.1. The zero-order chi connectivity index (χ0) is 15.4. The van der Waals surface area contributed by atoms with E-state index in [-0.39, 0.29) is 23.9 Å². The van der Waals surface area contributed by atoms with E-state index < -0.39 is 0 Å². The summed E-state index contributed by atoms with van der Waals surface area (Å²) in [6.45, 7) is 6.92. The Morgan fingerprint density at radius 2 is 2.00 bits per heavy atom. The predicted octanol–water partition coefficient (Wildman–Crippen LogP) is 3.47. The molecule has 0 aliphatic carbocycles. The molecule has 2 rings (SSSR count). The lowest BCUT2D eigenvalue weighted by Gasteiger charge is -2.25. The van der Waals surface area contributed by atoms with E-state index in [0.717, 1.165) is 19.3 Å². The van der Waals surface area contributed by atoms with E-state index in [4.69, 9.17) is 0 Å². The molecule has 0 saturated carbocycles. The fraction of sp³-hybridized carbons (Fsp3) is 0.588. The van der Waals surface area contributed by atoms with Gasteiger partial charge in [0.2, 0.25) is 5.91 Å². The zero-order valence-electron chi connectivity index (χ0n) is 13.1. The fourth-order valence-electron chi connectivity index (χ4n) is 2.80. The summed E-state index contributed by atoms with van der Waals surface area (Å²) in [5.41, 5.74) is 0.555. The minimum absolute atomic E-state index is 0.0628. The van der Waals surface area contributed by atoms with Crippen LogP contribution in [0, 0.1) is 11.7 Å². The number of carbonyl (C=O) groups excluding carboxylic acids is 1. The van der Waals surface area contributed by atoms with Gasteiger partial charge in [-0.3, -0.25) is 10.1 Å². The van der Waals surface area contributed by atoms with Crippen LogP contribution in [-0.4, -0.2) is 23.4 Å². The van der Waals surface area contributed by atoms with Crippen molar-refractivity contribution >= 4 is 5.91 Å². The smallest absolute Gasteiger partial charge is 0.241 e. The van der Waals surface area contributed by atoms with Gasteiger partial charge in [-0.1, -0.05) is 44.9 Å². The van der Waals surface area contributed by atoms with Crippen LogP contribution in [0.1, 0.15) is 51.8 Å². The van der Waals surface area contributed by atoms with Crippen LogP contribution in [0.25, 0.3) is 0 Å². The van der Waals surface area contributed by atoms with Crippen LogP contribution in [0.5, 0.6) is 0 Å². The molecule has 0 aromatic heterocycles. The van der Waals surface area contributed by atoms with Crippen molar-refractivity contribution in [1.29, 1.82) is 0 Å². The minimum Gasteiger partial charge on any atom is -0.321 e. The van der Waals surface area contributed by atoms with Gasteiger partial charge in [0.25, 0.3) is 0 Å². The van der Waals surface area contributed by atoms with E-state index in [2.05, 4.69) is 19.2 Å². The molecule has 1 fully saturated rings. The van der Waals surface area contributed by atoms with Crippen LogP contribution >= 0.6 is 0 Å². The molecule has 0 bridgehead atoms. The van der Waals surface area contributed by atoms with Gasteiger partial charge in [0.15, 0.2) is 0 Å². The SMILES string of the molecule is CC(C)CCCCN1C(=O)C(C)NC1c1ccccc1F. The van der Waals surface area contributed by atoms with Crippen LogP contribution in [-0.2, 0) is 4.79 Å². The number of hydrogen-bond acceptors (Lipinski definition) is 2. The summed E-state index contributed by atoms with van der Waals surface area (Å²) < 4.78 is 14.0. The number of nitrogens with one attached hydrogen (secondary N) is 1. The number of carbonyl (C=O) groups is 1. The monoisotopic (exact) mass is 292 g/mol. The first-order valence-corrected chi connectivity index (χ1v) is 7.81. The Morgan fingerprint density at radius 1 is 1.29 bits per heavy atom. The third kappa shape index (κ3) is 3.82. The number of halogens is 1. The standard InChI is InChI=1S/C17H25FN2O/c1-12(2)8-6-7-11-20-16(19-13(3)17(20)21)14-9-4-5-10-15(14)18/h4-5,9-10,12-13,16,19H,6-8,11H2,1-3H3. The van der Waals surface area contributed by atoms with E-state index in [1.807, 2.05) is 13.0 Å². The Labute approximate surface area is 126 Å². The molecule has 1 aliphatic heterocycles. The summed E-state index contributed by atoms with van der Waals surface area (Å²) in [5.74, 6) is 0.482. The first-order valence-electron chi connectivity index (χ1n) is 7.81. The first-order chi connectivity index (χ1) is 10.0. The normalized spacial score (nSPS) is 22.3. The molecule has 4 heteroatoms. The van der Waals surface area contributed by atoms with Crippen molar-refractivity contribution in [2.24, 2.45) is 5.92 Å². The highest BCUT2D eigenvalue weighted by molar-refractivity contribution is 5.84. The summed E-state index contributed by atoms with van der Waals surface area (Å²) in [7, 11) is 0. The van der Waals surface area contributed by atoms with Gasteiger partial charge >= 0.3 is 0 Å². The molecule has 116 valence electrons. The first kappa shape index (κ1) is 16.0. The molecule has 1 N–H and O–H groups in total. The molecule has 1 aromatic rings. The lowest BCUT2D eigenvalue weighted by Crippen LogP contribution is -2.32. The molecule has 2 unspecified atom stereocenters. The molecule has 1 aliphatic rings. The lowest BCUT2D eigenvalue weighted by molar-refractivity contribution is -0.129. The molecule has 1 amide bonds. The number of nitrogens with zero attached hydrogens (tertiary/aromatic N) is 1. The molecule has 1 saturated heterocycles. The lowest BCUT2D eigenvalue weighted by atomic mass is 10.1. The third-order valence-electron chi connectivity index (χ3n) is 4.00. The Morgan fingerprint density at radius 3 is 2.67 bits per heavy atom. The van der Waals surface area contributed by atoms with E-state index in [0.29, 0.717) is 18.0 Å². The Hall–Kier alpha value is -1.42. The second-order valence-electron chi connectivity index (χ2n) is 6.23. The van der Waals surface area contributed by atoms with Crippen LogP contribution in [0.2, 0.25) is 0 Å². The zero-order valence-corrected chi connectivity index (χ0v) is 13.1. The third-order valence-corrected chi connectivity index (χ3v) is 4.00. The quantitative estimate of drug-likeness (QED) is 0.814. The summed E-state index contributed by atoms with van der Waals surface area (Å²) >= 11 is 0. The van der Waals surface area contributed by atoms with Gasteiger partial charge in [-0.2, -0.15) is 0 Å². The van der Waals surface area contributed by atoms with Gasteiger partial charge < -0.3 is 4.90 Å². The van der Waals surface area contributed by atoms with E-state index in [9.17, 15) is 9.18 Å². The van der Waals surface area contributed by atoms with E-state index in [1.165, 1.54) is 6.07 Å². The molecule has 1 heterocycles. The minimum atomic E-state index is -0.340. The topological polar surface area (TPSA) is 32.3 Å². The van der Waals surface area contributed by atoms with Gasteiger partial charge in [-0.15, -0.1) is 0 Å². The summed E-state index contributed by atoms with van der Waals surface area (Å²) in [4.78, 5) is 14.1. The van der Waals surface area contributed by atoms with Crippen molar-refractivity contribution < 1.29 is 9.18 Å². The van der Waals surface area contributed by atoms with Crippen molar-refractivity contribution in [2.45, 2.75) is 52.2 Å². The predicted molar refractivity (Wildman–Crippen MR) is 82.1 cm³/mol. The van der Waals surface area contributed by atoms with Gasteiger partial charge in [0.1, 0.15) is 12.0 Å². The van der Waals surface area contributed by atoms with Crippen molar-refractivity contribution in [3.05, 3.63) is 35.6 Å². The van der Waals surface area contributed by atoms with Gasteiger partial charge in [-0.25, -0.2) is 4.39 Å². The maximum Gasteiger partial charge on any atom is 0.241 e. The van der Waals surface area contributed by atoms with Crippen LogP contribution in [0.15, 0.2) is 24.3 Å². The Kier molecular flexibility index (Phi) is 5.34. The number of benzene rings is 1. The molecule has 0 spiro atoms. The Balaban J connectivity index is 2.05. The molecule has 3 nitrogen and oxygen atoms in total.